The first kappa shape index (κ1) is 37.9. The minimum Gasteiger partial charge on any atom is -0.507 e. The van der Waals surface area contributed by atoms with Gasteiger partial charge in [0.2, 0.25) is 0 Å². The molecule has 0 aliphatic rings. The number of pyridine rings is 1. The molecular formula is C53H53N3O. The molecule has 0 atom stereocenters. The van der Waals surface area contributed by atoms with E-state index < -0.39 is 0 Å². The first-order chi connectivity index (χ1) is 27.1. The average molecular weight is 748 g/mol. The number of benzene rings is 6. The monoisotopic (exact) mass is 747 g/mol. The van der Waals surface area contributed by atoms with Crippen molar-refractivity contribution in [3.8, 4) is 56.2 Å². The number of nitrogens with zero attached hydrogens (tertiary/aromatic N) is 3. The summed E-state index contributed by atoms with van der Waals surface area (Å²) in [6.45, 7) is 22.1. The summed E-state index contributed by atoms with van der Waals surface area (Å²) in [5.41, 5.74) is 17.0. The highest BCUT2D eigenvalue weighted by Gasteiger charge is 2.25. The molecule has 0 saturated heterocycles. The van der Waals surface area contributed by atoms with Crippen LogP contribution in [0.1, 0.15) is 89.1 Å². The second kappa shape index (κ2) is 14.2. The maximum Gasteiger partial charge on any atom is 0.149 e. The third kappa shape index (κ3) is 7.14. The number of phenolic OH excluding ortho intramolecular Hbond substituents is 1. The molecule has 0 amide bonds. The van der Waals surface area contributed by atoms with Gasteiger partial charge in [0, 0.05) is 28.4 Å². The van der Waals surface area contributed by atoms with Crippen LogP contribution >= 0.6 is 0 Å². The molecule has 0 saturated carbocycles. The van der Waals surface area contributed by atoms with E-state index in [2.05, 4.69) is 183 Å². The number of para-hydroxylation sites is 1. The third-order valence-electron chi connectivity index (χ3n) is 11.5. The van der Waals surface area contributed by atoms with E-state index in [1.165, 1.54) is 16.7 Å². The molecule has 286 valence electrons. The Morgan fingerprint density at radius 1 is 0.579 bits per heavy atom. The minimum absolute atomic E-state index is 0.00132. The Bertz CT molecular complexity index is 2790. The highest BCUT2D eigenvalue weighted by Crippen LogP contribution is 2.43. The lowest BCUT2D eigenvalue weighted by atomic mass is 9.86. The van der Waals surface area contributed by atoms with Crippen molar-refractivity contribution in [2.75, 3.05) is 0 Å². The fraction of sp³-hybridized carbons (Fsp3) is 0.245. The number of aromatic nitrogens is 3. The molecule has 0 fully saturated rings. The van der Waals surface area contributed by atoms with Crippen molar-refractivity contribution in [3.63, 3.8) is 0 Å². The van der Waals surface area contributed by atoms with Gasteiger partial charge in [0.05, 0.1) is 22.1 Å². The number of phenols is 1. The Morgan fingerprint density at radius 2 is 1.25 bits per heavy atom. The van der Waals surface area contributed by atoms with Gasteiger partial charge in [-0.25, -0.2) is 4.98 Å². The molecule has 0 bridgehead atoms. The molecule has 1 N–H and O–H groups in total. The first-order valence-electron chi connectivity index (χ1n) is 20.2. The van der Waals surface area contributed by atoms with Crippen LogP contribution in [-0.2, 0) is 10.8 Å². The zero-order chi connectivity index (χ0) is 40.4. The smallest absolute Gasteiger partial charge is 0.149 e. The summed E-state index contributed by atoms with van der Waals surface area (Å²) in [5, 5.41) is 12.8. The van der Waals surface area contributed by atoms with Gasteiger partial charge >= 0.3 is 0 Å². The molecule has 2 heterocycles. The van der Waals surface area contributed by atoms with Gasteiger partial charge in [-0.05, 0) is 129 Å². The molecule has 0 unspecified atom stereocenters. The lowest BCUT2D eigenvalue weighted by Crippen LogP contribution is -2.11. The van der Waals surface area contributed by atoms with Crippen LogP contribution in [-0.4, -0.2) is 19.6 Å². The second-order valence-electron chi connectivity index (χ2n) is 18.1. The molecule has 0 aliphatic heterocycles. The average Bonchev–Trinajstić information content (AvgIpc) is 3.56. The molecule has 8 rings (SSSR count). The maximum absolute atomic E-state index is 11.6. The van der Waals surface area contributed by atoms with Gasteiger partial charge in [-0.1, -0.05) is 128 Å². The lowest BCUT2D eigenvalue weighted by molar-refractivity contribution is 0.475. The van der Waals surface area contributed by atoms with Gasteiger partial charge in [0.15, 0.2) is 0 Å². The summed E-state index contributed by atoms with van der Waals surface area (Å²) in [4.78, 5) is 10.4. The lowest BCUT2D eigenvalue weighted by Gasteiger charge is -2.21. The zero-order valence-corrected chi connectivity index (χ0v) is 35.0. The zero-order valence-electron chi connectivity index (χ0n) is 35.0. The highest BCUT2D eigenvalue weighted by atomic mass is 16.3. The van der Waals surface area contributed by atoms with Crippen molar-refractivity contribution in [2.45, 2.75) is 86.0 Å². The van der Waals surface area contributed by atoms with Gasteiger partial charge < -0.3 is 5.11 Å². The van der Waals surface area contributed by atoms with Crippen LogP contribution in [0.3, 0.4) is 0 Å². The molecule has 0 spiro atoms. The number of hydrogen-bond donors (Lipinski definition) is 1. The minimum atomic E-state index is -0.124. The third-order valence-corrected chi connectivity index (χ3v) is 11.5. The standard InChI is InChI=1S/C53H53N3O/c1-32(2)35-14-16-36(17-15-35)37-29-45(39-27-33(3)26-38(28-39)44-13-11-12-43-34(4)24-25-54-49(43)44)50-47(30-37)56(42-21-18-40(19-22-42)52(5,6)7)51(55-50)46-31-41(53(8,9)10)20-23-48(46)57/h11-32,57H,1-10H3. The molecule has 0 radical (unpaired) electrons. The van der Waals surface area contributed by atoms with E-state index in [1.807, 2.05) is 18.3 Å². The summed E-state index contributed by atoms with van der Waals surface area (Å²) in [6, 6.07) is 43.7. The van der Waals surface area contributed by atoms with E-state index in [4.69, 9.17) is 9.97 Å². The molecule has 4 nitrogen and oxygen atoms in total. The van der Waals surface area contributed by atoms with Crippen LogP contribution in [0, 0.1) is 13.8 Å². The fourth-order valence-electron chi connectivity index (χ4n) is 8.00. The molecule has 0 aliphatic carbocycles. The summed E-state index contributed by atoms with van der Waals surface area (Å²) < 4.78 is 2.24. The number of aromatic hydroxyl groups is 1. The van der Waals surface area contributed by atoms with Crippen molar-refractivity contribution in [3.05, 3.63) is 155 Å². The molecule has 2 aromatic heterocycles. The molecular weight excluding hydrogens is 695 g/mol. The maximum atomic E-state index is 11.6. The number of fused-ring (bicyclic) bond motifs is 2. The van der Waals surface area contributed by atoms with Crippen LogP contribution in [0.25, 0.3) is 72.4 Å². The summed E-state index contributed by atoms with van der Waals surface area (Å²) >= 11 is 0. The number of hydrogen-bond acceptors (Lipinski definition) is 3. The largest absolute Gasteiger partial charge is 0.507 e. The molecule has 57 heavy (non-hydrogen) atoms. The van der Waals surface area contributed by atoms with Crippen molar-refractivity contribution in [1.29, 1.82) is 0 Å². The topological polar surface area (TPSA) is 50.9 Å². The van der Waals surface area contributed by atoms with Gasteiger partial charge in [0.25, 0.3) is 0 Å². The van der Waals surface area contributed by atoms with Crippen molar-refractivity contribution in [2.24, 2.45) is 0 Å². The number of aryl methyl sites for hydroxylation is 2. The summed E-state index contributed by atoms with van der Waals surface area (Å²) in [6.07, 6.45) is 1.90. The van der Waals surface area contributed by atoms with Gasteiger partial charge in [-0.3, -0.25) is 9.55 Å². The van der Waals surface area contributed by atoms with Crippen LogP contribution < -0.4 is 0 Å². The van der Waals surface area contributed by atoms with E-state index in [0.717, 1.165) is 72.1 Å². The van der Waals surface area contributed by atoms with E-state index in [9.17, 15) is 5.11 Å². The predicted octanol–water partition coefficient (Wildman–Crippen LogP) is 14.3. The Kier molecular flexibility index (Phi) is 9.43. The van der Waals surface area contributed by atoms with Crippen LogP contribution in [0.2, 0.25) is 0 Å². The van der Waals surface area contributed by atoms with Crippen LogP contribution in [0.4, 0.5) is 0 Å². The van der Waals surface area contributed by atoms with E-state index in [0.29, 0.717) is 17.3 Å². The second-order valence-corrected chi connectivity index (χ2v) is 18.1. The Balaban J connectivity index is 1.46. The van der Waals surface area contributed by atoms with Gasteiger partial charge in [-0.2, -0.15) is 0 Å². The van der Waals surface area contributed by atoms with Crippen molar-refractivity contribution in [1.82, 2.24) is 14.5 Å². The summed E-state index contributed by atoms with van der Waals surface area (Å²) in [7, 11) is 0. The molecule has 8 aromatic rings. The van der Waals surface area contributed by atoms with E-state index >= 15 is 0 Å². The summed E-state index contributed by atoms with van der Waals surface area (Å²) in [5.74, 6) is 1.34. The van der Waals surface area contributed by atoms with Crippen molar-refractivity contribution < 1.29 is 5.11 Å². The Labute approximate surface area is 337 Å². The van der Waals surface area contributed by atoms with E-state index in [1.54, 1.807) is 0 Å². The quantitative estimate of drug-likeness (QED) is 0.184. The van der Waals surface area contributed by atoms with Gasteiger partial charge in [-0.15, -0.1) is 0 Å². The number of rotatable bonds is 6. The normalized spacial score (nSPS) is 12.3. The first-order valence-corrected chi connectivity index (χ1v) is 20.2. The van der Waals surface area contributed by atoms with Gasteiger partial charge in [0.1, 0.15) is 11.6 Å². The highest BCUT2D eigenvalue weighted by molar-refractivity contribution is 6.01. The number of imidazole rings is 1. The predicted molar refractivity (Wildman–Crippen MR) is 241 cm³/mol. The fourth-order valence-corrected chi connectivity index (χ4v) is 8.00. The van der Waals surface area contributed by atoms with E-state index in [-0.39, 0.29) is 16.6 Å². The SMILES string of the molecule is Cc1cc(-c2cccc3c(C)ccnc23)cc(-c2cc(-c3ccc(C(C)C)cc3)cc3c2nc(-c2cc(C(C)(C)C)ccc2O)n3-c2ccc(C(C)(C)C)cc2)c1. The molecule has 4 heteroatoms. The van der Waals surface area contributed by atoms with Crippen LogP contribution in [0.15, 0.2) is 128 Å². The van der Waals surface area contributed by atoms with Crippen LogP contribution in [0.5, 0.6) is 5.75 Å². The van der Waals surface area contributed by atoms with Crippen molar-refractivity contribution >= 4 is 21.9 Å². The Hall–Kier alpha value is -6.00. The molecule has 6 aromatic carbocycles. The Morgan fingerprint density at radius 3 is 1.91 bits per heavy atom.